The summed E-state index contributed by atoms with van der Waals surface area (Å²) >= 11 is 0. The van der Waals surface area contributed by atoms with Crippen molar-refractivity contribution in [3.8, 4) is 0 Å². The molecule has 0 radical (unpaired) electrons. The Balaban J connectivity index is 1.50. The Morgan fingerprint density at radius 2 is 2.07 bits per heavy atom. The van der Waals surface area contributed by atoms with Crippen molar-refractivity contribution in [1.29, 1.82) is 0 Å². The van der Waals surface area contributed by atoms with Crippen molar-refractivity contribution in [2.75, 3.05) is 6.54 Å². The Morgan fingerprint density at radius 3 is 2.89 bits per heavy atom. The summed E-state index contributed by atoms with van der Waals surface area (Å²) < 4.78 is 1.84. The maximum atomic E-state index is 12.7. The van der Waals surface area contributed by atoms with Crippen molar-refractivity contribution in [2.45, 2.75) is 39.4 Å². The van der Waals surface area contributed by atoms with Crippen LogP contribution in [-0.2, 0) is 17.9 Å². The summed E-state index contributed by atoms with van der Waals surface area (Å²) in [7, 11) is 0. The van der Waals surface area contributed by atoms with Gasteiger partial charge in [0.05, 0.1) is 18.3 Å². The molecule has 2 aromatic heterocycles. The van der Waals surface area contributed by atoms with Crippen LogP contribution in [0.25, 0.3) is 10.9 Å². The first-order valence-electron chi connectivity index (χ1n) is 9.21. The zero-order valence-corrected chi connectivity index (χ0v) is 15.5. The average Bonchev–Trinajstić information content (AvgIpc) is 3.22. The van der Waals surface area contributed by atoms with Crippen LogP contribution in [0.5, 0.6) is 0 Å². The van der Waals surface area contributed by atoms with E-state index in [2.05, 4.69) is 21.5 Å². The van der Waals surface area contributed by atoms with Crippen LogP contribution in [0.4, 0.5) is 0 Å². The molecular formula is C20H23N5O2. The Hall–Kier alpha value is -3.09. The quantitative estimate of drug-likeness (QED) is 0.748. The van der Waals surface area contributed by atoms with Gasteiger partial charge < -0.3 is 15.2 Å². The molecule has 2 N–H and O–H groups in total. The van der Waals surface area contributed by atoms with Gasteiger partial charge in [0.2, 0.25) is 5.91 Å². The van der Waals surface area contributed by atoms with Crippen molar-refractivity contribution in [3.05, 3.63) is 53.5 Å². The maximum Gasteiger partial charge on any atom is 0.272 e. The minimum absolute atomic E-state index is 0.0458. The molecule has 1 atom stereocenters. The molecule has 0 spiro atoms. The van der Waals surface area contributed by atoms with E-state index in [1.165, 1.54) is 0 Å². The Morgan fingerprint density at radius 1 is 1.22 bits per heavy atom. The van der Waals surface area contributed by atoms with Gasteiger partial charge in [-0.2, -0.15) is 5.10 Å². The van der Waals surface area contributed by atoms with Gasteiger partial charge in [0.15, 0.2) is 5.69 Å². The van der Waals surface area contributed by atoms with Crippen molar-refractivity contribution >= 4 is 22.7 Å². The average molecular weight is 365 g/mol. The number of nitrogens with zero attached hydrogens (tertiary/aromatic N) is 3. The Kier molecular flexibility index (Phi) is 4.43. The molecule has 2 amide bonds. The number of fused-ring (bicyclic) bond motifs is 2. The lowest BCUT2D eigenvalue weighted by Gasteiger charge is -2.17. The number of amides is 2. The number of carbonyl (C=O) groups excluding carboxylic acids is 2. The summed E-state index contributed by atoms with van der Waals surface area (Å²) in [5.74, 6) is -0.156. The smallest absolute Gasteiger partial charge is 0.272 e. The zero-order valence-electron chi connectivity index (χ0n) is 15.5. The van der Waals surface area contributed by atoms with E-state index in [9.17, 15) is 9.59 Å². The highest BCUT2D eigenvalue weighted by Gasteiger charge is 2.21. The first kappa shape index (κ1) is 17.3. The second-order valence-corrected chi connectivity index (χ2v) is 7.06. The number of aromatic amines is 1. The molecule has 0 bridgehead atoms. The molecule has 0 saturated carbocycles. The Bertz CT molecular complexity index is 1000. The van der Waals surface area contributed by atoms with E-state index in [-0.39, 0.29) is 17.9 Å². The fraction of sp³-hybridized carbons (Fsp3) is 0.350. The molecular weight excluding hydrogens is 342 g/mol. The lowest BCUT2D eigenvalue weighted by molar-refractivity contribution is -0.129. The third kappa shape index (κ3) is 3.45. The zero-order chi connectivity index (χ0) is 19.0. The van der Waals surface area contributed by atoms with Gasteiger partial charge in [-0.1, -0.05) is 6.07 Å². The third-order valence-electron chi connectivity index (χ3n) is 5.12. The second kappa shape index (κ2) is 6.90. The molecule has 1 aliphatic heterocycles. The minimum Gasteiger partial charge on any atom is -0.361 e. The molecule has 4 rings (SSSR count). The first-order chi connectivity index (χ1) is 13.0. The van der Waals surface area contributed by atoms with Gasteiger partial charge in [-0.05, 0) is 48.6 Å². The van der Waals surface area contributed by atoms with Crippen LogP contribution in [0.1, 0.15) is 48.1 Å². The highest BCUT2D eigenvalue weighted by molar-refractivity contribution is 5.92. The van der Waals surface area contributed by atoms with Gasteiger partial charge >= 0.3 is 0 Å². The SMILES string of the molecule is CC(=O)N1CCCn2nc(C(=O)N[C@H](C)c3ccc4[nH]ccc4c3)cc2C1. The van der Waals surface area contributed by atoms with Gasteiger partial charge in [-0.3, -0.25) is 14.3 Å². The van der Waals surface area contributed by atoms with Crippen LogP contribution in [-0.4, -0.2) is 38.0 Å². The highest BCUT2D eigenvalue weighted by atomic mass is 16.2. The lowest BCUT2D eigenvalue weighted by atomic mass is 10.1. The van der Waals surface area contributed by atoms with Gasteiger partial charge in [-0.15, -0.1) is 0 Å². The summed E-state index contributed by atoms with van der Waals surface area (Å²) in [6.45, 7) is 5.47. The van der Waals surface area contributed by atoms with E-state index in [0.717, 1.165) is 35.1 Å². The molecule has 3 heterocycles. The highest BCUT2D eigenvalue weighted by Crippen LogP contribution is 2.20. The van der Waals surface area contributed by atoms with Crippen LogP contribution in [0.2, 0.25) is 0 Å². The van der Waals surface area contributed by atoms with Crippen LogP contribution < -0.4 is 5.32 Å². The van der Waals surface area contributed by atoms with Crippen molar-refractivity contribution in [3.63, 3.8) is 0 Å². The number of carbonyl (C=O) groups is 2. The van der Waals surface area contributed by atoms with Crippen LogP contribution in [0.3, 0.4) is 0 Å². The van der Waals surface area contributed by atoms with E-state index in [1.54, 1.807) is 17.9 Å². The van der Waals surface area contributed by atoms with E-state index in [0.29, 0.717) is 18.8 Å². The predicted octanol–water partition coefficient (Wildman–Crippen LogP) is 2.61. The number of rotatable bonds is 3. The molecule has 7 nitrogen and oxygen atoms in total. The van der Waals surface area contributed by atoms with Crippen molar-refractivity contribution in [2.24, 2.45) is 0 Å². The minimum atomic E-state index is -0.202. The molecule has 7 heteroatoms. The van der Waals surface area contributed by atoms with Crippen molar-refractivity contribution in [1.82, 2.24) is 25.0 Å². The first-order valence-corrected chi connectivity index (χ1v) is 9.21. The van der Waals surface area contributed by atoms with Gasteiger partial charge in [0.25, 0.3) is 5.91 Å². The van der Waals surface area contributed by atoms with Crippen LogP contribution in [0.15, 0.2) is 36.5 Å². The fourth-order valence-corrected chi connectivity index (χ4v) is 3.54. The van der Waals surface area contributed by atoms with E-state index >= 15 is 0 Å². The largest absolute Gasteiger partial charge is 0.361 e. The number of aryl methyl sites for hydroxylation is 1. The summed E-state index contributed by atoms with van der Waals surface area (Å²) in [4.78, 5) is 29.3. The molecule has 3 aromatic rings. The Labute approximate surface area is 157 Å². The third-order valence-corrected chi connectivity index (χ3v) is 5.12. The predicted molar refractivity (Wildman–Crippen MR) is 102 cm³/mol. The van der Waals surface area contributed by atoms with Crippen LogP contribution in [0, 0.1) is 0 Å². The summed E-state index contributed by atoms with van der Waals surface area (Å²) in [6, 6.07) is 9.77. The molecule has 1 aromatic carbocycles. The van der Waals surface area contributed by atoms with E-state index in [4.69, 9.17) is 0 Å². The second-order valence-electron chi connectivity index (χ2n) is 7.06. The number of hydrogen-bond donors (Lipinski definition) is 2. The van der Waals surface area contributed by atoms with Gasteiger partial charge in [0, 0.05) is 31.7 Å². The molecule has 0 fully saturated rings. The summed E-state index contributed by atoms with van der Waals surface area (Å²) in [5, 5.41) is 8.59. The molecule has 140 valence electrons. The molecule has 0 unspecified atom stereocenters. The fourth-order valence-electron chi connectivity index (χ4n) is 3.54. The number of benzene rings is 1. The molecule has 0 saturated heterocycles. The molecule has 0 aliphatic carbocycles. The number of H-pyrrole nitrogens is 1. The molecule has 27 heavy (non-hydrogen) atoms. The van der Waals surface area contributed by atoms with Gasteiger partial charge in [-0.25, -0.2) is 0 Å². The van der Waals surface area contributed by atoms with Gasteiger partial charge in [0.1, 0.15) is 0 Å². The van der Waals surface area contributed by atoms with Crippen LogP contribution >= 0.6 is 0 Å². The number of aromatic nitrogens is 3. The molecule has 1 aliphatic rings. The summed E-state index contributed by atoms with van der Waals surface area (Å²) in [6.07, 6.45) is 2.74. The monoisotopic (exact) mass is 365 g/mol. The number of hydrogen-bond acceptors (Lipinski definition) is 3. The standard InChI is InChI=1S/C20H23N5O2/c1-13(15-4-5-18-16(10-15)6-7-21-18)22-20(27)19-11-17-12-24(14(2)26)8-3-9-25(17)23-19/h4-7,10-11,13,21H,3,8-9,12H2,1-2H3,(H,22,27)/t13-/m1/s1. The van der Waals surface area contributed by atoms with E-state index < -0.39 is 0 Å². The normalized spacial score (nSPS) is 15.3. The topological polar surface area (TPSA) is 83.0 Å². The lowest BCUT2D eigenvalue weighted by Crippen LogP contribution is -2.28. The summed E-state index contributed by atoms with van der Waals surface area (Å²) in [5.41, 5.74) is 3.41. The number of nitrogens with one attached hydrogen (secondary N) is 2. The van der Waals surface area contributed by atoms with Crippen molar-refractivity contribution < 1.29 is 9.59 Å². The maximum absolute atomic E-state index is 12.7. The van der Waals surface area contributed by atoms with E-state index in [1.807, 2.05) is 36.0 Å².